The fourth-order valence-corrected chi connectivity index (χ4v) is 3.97. The molecule has 1 atom stereocenters. The van der Waals surface area contributed by atoms with Crippen LogP contribution >= 0.6 is 0 Å². The van der Waals surface area contributed by atoms with Crippen molar-refractivity contribution < 1.29 is 9.32 Å². The maximum atomic E-state index is 12.6. The Kier molecular flexibility index (Phi) is 6.10. The summed E-state index contributed by atoms with van der Waals surface area (Å²) in [5.74, 6) is 2.71. The van der Waals surface area contributed by atoms with Gasteiger partial charge in [-0.1, -0.05) is 31.8 Å². The van der Waals surface area contributed by atoms with Gasteiger partial charge in [-0.2, -0.15) is 4.98 Å². The van der Waals surface area contributed by atoms with Crippen LogP contribution in [0.2, 0.25) is 0 Å². The zero-order chi connectivity index (χ0) is 17.8. The van der Waals surface area contributed by atoms with Crippen molar-refractivity contribution in [2.24, 2.45) is 5.92 Å². The average Bonchev–Trinajstić information content (AvgIpc) is 3.21. The first-order valence-electron chi connectivity index (χ1n) is 9.90. The van der Waals surface area contributed by atoms with E-state index in [9.17, 15) is 4.79 Å². The highest BCUT2D eigenvalue weighted by atomic mass is 16.5. The van der Waals surface area contributed by atoms with Crippen LogP contribution in [0, 0.1) is 5.92 Å². The molecule has 1 aromatic heterocycles. The molecule has 140 valence electrons. The van der Waals surface area contributed by atoms with Crippen LogP contribution in [0.15, 0.2) is 4.52 Å². The minimum atomic E-state index is 0.102. The highest BCUT2D eigenvalue weighted by Crippen LogP contribution is 2.28. The van der Waals surface area contributed by atoms with Gasteiger partial charge in [0.15, 0.2) is 5.82 Å². The molecule has 0 aromatic carbocycles. The summed E-state index contributed by atoms with van der Waals surface area (Å²) in [5.41, 5.74) is 0. The molecule has 1 aliphatic heterocycles. The van der Waals surface area contributed by atoms with Gasteiger partial charge in [-0.05, 0) is 32.1 Å². The molecule has 2 heterocycles. The van der Waals surface area contributed by atoms with Crippen LogP contribution in [0.4, 0.5) is 0 Å². The lowest BCUT2D eigenvalue weighted by molar-refractivity contribution is -0.132. The van der Waals surface area contributed by atoms with E-state index < -0.39 is 0 Å². The van der Waals surface area contributed by atoms with Crippen LogP contribution in [0.25, 0.3) is 0 Å². The average molecular weight is 348 g/mol. The molecule has 1 saturated heterocycles. The fraction of sp³-hybridized carbons (Fsp3) is 0.842. The molecule has 2 fully saturated rings. The Morgan fingerprint density at radius 3 is 2.56 bits per heavy atom. The number of nitrogens with zero attached hydrogens (tertiary/aromatic N) is 4. The normalized spacial score (nSPS) is 21.7. The number of carbonyl (C=O) groups is 1. The Bertz CT molecular complexity index is 566. The van der Waals surface area contributed by atoms with Gasteiger partial charge in [0.1, 0.15) is 0 Å². The van der Waals surface area contributed by atoms with E-state index in [2.05, 4.69) is 40.7 Å². The zero-order valence-corrected chi connectivity index (χ0v) is 15.9. The van der Waals surface area contributed by atoms with Crippen molar-refractivity contribution in [2.45, 2.75) is 71.3 Å². The molecular weight excluding hydrogens is 316 g/mol. The highest BCUT2D eigenvalue weighted by Gasteiger charge is 2.27. The predicted molar refractivity (Wildman–Crippen MR) is 96.1 cm³/mol. The SMILES string of the molecule is CC(C)c1noc([C@H](C)N2CCCN(C(=O)CC3CCCC3)CC2)n1. The third-order valence-electron chi connectivity index (χ3n) is 5.70. The Morgan fingerprint density at radius 2 is 1.88 bits per heavy atom. The lowest BCUT2D eigenvalue weighted by atomic mass is 10.0. The maximum Gasteiger partial charge on any atom is 0.243 e. The van der Waals surface area contributed by atoms with Gasteiger partial charge in [-0.15, -0.1) is 0 Å². The molecule has 0 spiro atoms. The quantitative estimate of drug-likeness (QED) is 0.816. The smallest absolute Gasteiger partial charge is 0.243 e. The van der Waals surface area contributed by atoms with E-state index in [1.807, 2.05) is 0 Å². The largest absolute Gasteiger partial charge is 0.341 e. The van der Waals surface area contributed by atoms with Crippen LogP contribution in [-0.2, 0) is 4.79 Å². The number of amides is 1. The van der Waals surface area contributed by atoms with Gasteiger partial charge in [0.05, 0.1) is 6.04 Å². The zero-order valence-electron chi connectivity index (χ0n) is 15.9. The molecule has 0 unspecified atom stereocenters. The number of hydrogen-bond acceptors (Lipinski definition) is 5. The van der Waals surface area contributed by atoms with Crippen molar-refractivity contribution in [1.82, 2.24) is 19.9 Å². The number of rotatable bonds is 5. The van der Waals surface area contributed by atoms with E-state index in [0.717, 1.165) is 44.8 Å². The van der Waals surface area contributed by atoms with Crippen LogP contribution < -0.4 is 0 Å². The van der Waals surface area contributed by atoms with Gasteiger partial charge >= 0.3 is 0 Å². The monoisotopic (exact) mass is 348 g/mol. The summed E-state index contributed by atoms with van der Waals surface area (Å²) in [7, 11) is 0. The third-order valence-corrected chi connectivity index (χ3v) is 5.70. The summed E-state index contributed by atoms with van der Waals surface area (Å²) in [5, 5.41) is 4.08. The van der Waals surface area contributed by atoms with Crippen LogP contribution in [0.3, 0.4) is 0 Å². The lowest BCUT2D eigenvalue weighted by Crippen LogP contribution is -2.36. The first-order chi connectivity index (χ1) is 12.0. The molecule has 6 nitrogen and oxygen atoms in total. The van der Waals surface area contributed by atoms with Crippen molar-refractivity contribution >= 4 is 5.91 Å². The molecule has 1 saturated carbocycles. The first-order valence-corrected chi connectivity index (χ1v) is 9.90. The Hall–Kier alpha value is -1.43. The molecule has 0 radical (unpaired) electrons. The van der Waals surface area contributed by atoms with Crippen LogP contribution in [0.5, 0.6) is 0 Å². The standard InChI is InChI=1S/C19H32N4O2/c1-14(2)18-20-19(25-21-18)15(3)22-9-6-10-23(12-11-22)17(24)13-16-7-4-5-8-16/h14-16H,4-13H2,1-3H3/t15-/m0/s1. The Balaban J connectivity index is 1.54. The Labute approximate surface area is 150 Å². The topological polar surface area (TPSA) is 62.5 Å². The van der Waals surface area contributed by atoms with Crippen molar-refractivity contribution in [1.29, 1.82) is 0 Å². The van der Waals surface area contributed by atoms with E-state index in [0.29, 0.717) is 17.7 Å². The van der Waals surface area contributed by atoms with Gasteiger partial charge in [-0.25, -0.2) is 0 Å². The van der Waals surface area contributed by atoms with Crippen molar-refractivity contribution in [3.05, 3.63) is 11.7 Å². The molecule has 3 rings (SSSR count). The summed E-state index contributed by atoms with van der Waals surface area (Å²) in [6, 6.07) is 0.102. The van der Waals surface area contributed by atoms with E-state index in [4.69, 9.17) is 4.52 Å². The van der Waals surface area contributed by atoms with Gasteiger partial charge < -0.3 is 9.42 Å². The second kappa shape index (κ2) is 8.30. The molecule has 1 aromatic rings. The van der Waals surface area contributed by atoms with E-state index in [1.165, 1.54) is 25.7 Å². The van der Waals surface area contributed by atoms with E-state index in [-0.39, 0.29) is 12.0 Å². The van der Waals surface area contributed by atoms with Crippen molar-refractivity contribution in [3.63, 3.8) is 0 Å². The number of carbonyl (C=O) groups excluding carboxylic acids is 1. The summed E-state index contributed by atoms with van der Waals surface area (Å²) < 4.78 is 5.46. The third kappa shape index (κ3) is 4.60. The van der Waals surface area contributed by atoms with Gasteiger partial charge in [0, 0.05) is 38.5 Å². The summed E-state index contributed by atoms with van der Waals surface area (Å²) in [6.45, 7) is 9.77. The summed E-state index contributed by atoms with van der Waals surface area (Å²) in [6.07, 6.45) is 6.82. The molecular formula is C19H32N4O2. The molecule has 0 bridgehead atoms. The molecule has 0 N–H and O–H groups in total. The fourth-order valence-electron chi connectivity index (χ4n) is 3.97. The summed E-state index contributed by atoms with van der Waals surface area (Å²) in [4.78, 5) is 21.6. The van der Waals surface area contributed by atoms with Crippen molar-refractivity contribution in [2.75, 3.05) is 26.2 Å². The minimum Gasteiger partial charge on any atom is -0.341 e. The highest BCUT2D eigenvalue weighted by molar-refractivity contribution is 5.76. The molecule has 1 amide bonds. The second-order valence-electron chi connectivity index (χ2n) is 7.95. The van der Waals surface area contributed by atoms with Gasteiger partial charge in [0.25, 0.3) is 0 Å². The van der Waals surface area contributed by atoms with E-state index in [1.54, 1.807) is 0 Å². The van der Waals surface area contributed by atoms with Gasteiger partial charge in [-0.3, -0.25) is 9.69 Å². The van der Waals surface area contributed by atoms with Gasteiger partial charge in [0.2, 0.25) is 11.8 Å². The van der Waals surface area contributed by atoms with Crippen LogP contribution in [-0.4, -0.2) is 52.0 Å². The summed E-state index contributed by atoms with van der Waals surface area (Å²) >= 11 is 0. The molecule has 6 heteroatoms. The first kappa shape index (κ1) is 18.4. The second-order valence-corrected chi connectivity index (χ2v) is 7.95. The minimum absolute atomic E-state index is 0.102. The number of hydrogen-bond donors (Lipinski definition) is 0. The van der Waals surface area contributed by atoms with Crippen LogP contribution in [0.1, 0.15) is 83.0 Å². The Morgan fingerprint density at radius 1 is 1.12 bits per heavy atom. The lowest BCUT2D eigenvalue weighted by Gasteiger charge is -2.25. The molecule has 2 aliphatic rings. The number of aromatic nitrogens is 2. The molecule has 25 heavy (non-hydrogen) atoms. The predicted octanol–water partition coefficient (Wildman–Crippen LogP) is 3.37. The van der Waals surface area contributed by atoms with E-state index >= 15 is 0 Å². The van der Waals surface area contributed by atoms with Crippen molar-refractivity contribution in [3.8, 4) is 0 Å². The molecule has 1 aliphatic carbocycles. The maximum absolute atomic E-state index is 12.6.